The van der Waals surface area contributed by atoms with Crippen LogP contribution in [0.3, 0.4) is 0 Å². The van der Waals surface area contributed by atoms with Gasteiger partial charge < -0.3 is 15.9 Å². The van der Waals surface area contributed by atoms with E-state index < -0.39 is 18.1 Å². The van der Waals surface area contributed by atoms with Crippen molar-refractivity contribution in [3.63, 3.8) is 0 Å². The molecule has 16 heavy (non-hydrogen) atoms. The smallest absolute Gasteiger partial charge is 0.323 e. The Balaban J connectivity index is 2.36. The van der Waals surface area contributed by atoms with Gasteiger partial charge in [-0.3, -0.25) is 4.79 Å². The number of hydrogen-bond donors (Lipinski definition) is 3. The summed E-state index contributed by atoms with van der Waals surface area (Å²) < 4.78 is 0.897. The molecule has 1 aromatic heterocycles. The monoisotopic (exact) mass is 238 g/mol. The Kier molecular flexibility index (Phi) is 2.86. The van der Waals surface area contributed by atoms with Gasteiger partial charge in [-0.2, -0.15) is 0 Å². The minimum Gasteiger partial charge on any atom is -0.480 e. The van der Waals surface area contributed by atoms with Crippen LogP contribution in [0.5, 0.6) is 0 Å². The van der Waals surface area contributed by atoms with E-state index in [2.05, 4.69) is 4.98 Å². The fourth-order valence-electron chi connectivity index (χ4n) is 1.31. The molecule has 2 unspecified atom stereocenters. The highest BCUT2D eigenvalue weighted by Gasteiger charge is 2.26. The highest BCUT2D eigenvalue weighted by Crippen LogP contribution is 2.27. The van der Waals surface area contributed by atoms with Gasteiger partial charge in [-0.25, -0.2) is 4.98 Å². The number of nitrogens with two attached hydrogens (primary N) is 1. The first kappa shape index (κ1) is 11.0. The molecule has 0 radical (unpaired) electrons. The van der Waals surface area contributed by atoms with Gasteiger partial charge in [-0.15, -0.1) is 11.3 Å². The van der Waals surface area contributed by atoms with Gasteiger partial charge in [0.2, 0.25) is 0 Å². The zero-order chi connectivity index (χ0) is 11.7. The van der Waals surface area contributed by atoms with Crippen LogP contribution in [0.15, 0.2) is 24.3 Å². The molecule has 2 atom stereocenters. The lowest BCUT2D eigenvalue weighted by Crippen LogP contribution is -2.36. The molecule has 5 nitrogen and oxygen atoms in total. The number of carboxylic acid groups (broad SMARTS) is 1. The number of thiazole rings is 1. The van der Waals surface area contributed by atoms with Gasteiger partial charge in [0.15, 0.2) is 0 Å². The molecule has 1 aromatic carbocycles. The van der Waals surface area contributed by atoms with Crippen molar-refractivity contribution in [3.8, 4) is 0 Å². The maximum absolute atomic E-state index is 10.6. The Morgan fingerprint density at radius 1 is 1.44 bits per heavy atom. The number of aliphatic hydroxyl groups excluding tert-OH is 1. The minimum absolute atomic E-state index is 0.330. The van der Waals surface area contributed by atoms with Crippen LogP contribution in [-0.2, 0) is 4.79 Å². The normalized spacial score (nSPS) is 14.9. The number of aliphatic hydroxyl groups is 1. The van der Waals surface area contributed by atoms with Crippen LogP contribution in [-0.4, -0.2) is 27.2 Å². The third-order valence-corrected chi connectivity index (χ3v) is 3.30. The Labute approximate surface area is 95.2 Å². The van der Waals surface area contributed by atoms with E-state index in [0.29, 0.717) is 5.01 Å². The standard InChI is InChI=1S/C10H10N2O3S/c11-7(10(14)15)8(13)9-12-5-3-1-2-4-6(5)16-9/h1-4,7-8,13H,11H2,(H,14,15). The molecule has 1 heterocycles. The largest absolute Gasteiger partial charge is 0.480 e. The fraction of sp³-hybridized carbons (Fsp3) is 0.200. The van der Waals surface area contributed by atoms with Crippen molar-refractivity contribution in [2.45, 2.75) is 12.1 Å². The molecule has 0 fully saturated rings. The lowest BCUT2D eigenvalue weighted by atomic mass is 10.2. The van der Waals surface area contributed by atoms with Gasteiger partial charge in [0, 0.05) is 0 Å². The molecule has 0 spiro atoms. The molecule has 0 aliphatic carbocycles. The number of aromatic nitrogens is 1. The SMILES string of the molecule is NC(C(=O)O)C(O)c1nc2ccccc2s1. The molecule has 0 amide bonds. The lowest BCUT2D eigenvalue weighted by molar-refractivity contribution is -0.141. The summed E-state index contributed by atoms with van der Waals surface area (Å²) in [5, 5.41) is 18.7. The molecule has 4 N–H and O–H groups in total. The molecule has 2 rings (SSSR count). The Morgan fingerprint density at radius 2 is 2.12 bits per heavy atom. The van der Waals surface area contributed by atoms with Gasteiger partial charge >= 0.3 is 5.97 Å². The third-order valence-electron chi connectivity index (χ3n) is 2.19. The highest BCUT2D eigenvalue weighted by molar-refractivity contribution is 7.18. The average Bonchev–Trinajstić information content (AvgIpc) is 2.70. The number of carbonyl (C=O) groups is 1. The van der Waals surface area contributed by atoms with Crippen LogP contribution in [0.4, 0.5) is 0 Å². The molecule has 6 heteroatoms. The summed E-state index contributed by atoms with van der Waals surface area (Å²) in [5.74, 6) is -1.24. The van der Waals surface area contributed by atoms with Gasteiger partial charge in [-0.05, 0) is 12.1 Å². The Hall–Kier alpha value is -1.50. The van der Waals surface area contributed by atoms with Crippen molar-refractivity contribution in [1.29, 1.82) is 0 Å². The molecule has 0 aliphatic heterocycles. The zero-order valence-corrected chi connectivity index (χ0v) is 9.02. The van der Waals surface area contributed by atoms with Crippen molar-refractivity contribution < 1.29 is 15.0 Å². The number of hydrogen-bond acceptors (Lipinski definition) is 5. The minimum atomic E-state index is -1.35. The summed E-state index contributed by atoms with van der Waals surface area (Å²) in [6, 6.07) is 5.99. The number of benzene rings is 1. The number of carboxylic acids is 1. The molecule has 0 saturated carbocycles. The predicted octanol–water partition coefficient (Wildman–Crippen LogP) is 0.742. The molecule has 0 saturated heterocycles. The zero-order valence-electron chi connectivity index (χ0n) is 8.20. The number of nitrogens with zero attached hydrogens (tertiary/aromatic N) is 1. The van der Waals surface area contributed by atoms with E-state index in [0.717, 1.165) is 10.2 Å². The summed E-state index contributed by atoms with van der Waals surface area (Å²) in [7, 11) is 0. The van der Waals surface area contributed by atoms with Crippen molar-refractivity contribution >= 4 is 27.5 Å². The molecular weight excluding hydrogens is 228 g/mol. The maximum Gasteiger partial charge on any atom is 0.323 e. The van der Waals surface area contributed by atoms with Crippen molar-refractivity contribution in [2.75, 3.05) is 0 Å². The van der Waals surface area contributed by atoms with E-state index in [1.165, 1.54) is 11.3 Å². The summed E-state index contributed by atoms with van der Waals surface area (Å²) in [6.45, 7) is 0. The van der Waals surface area contributed by atoms with Crippen LogP contribution in [0.1, 0.15) is 11.1 Å². The number of rotatable bonds is 3. The number of para-hydroxylation sites is 1. The molecule has 0 aliphatic rings. The van der Waals surface area contributed by atoms with Crippen LogP contribution in [0, 0.1) is 0 Å². The first-order valence-corrected chi connectivity index (χ1v) is 5.43. The number of aliphatic carboxylic acids is 1. The highest BCUT2D eigenvalue weighted by atomic mass is 32.1. The van der Waals surface area contributed by atoms with Crippen LogP contribution < -0.4 is 5.73 Å². The second kappa shape index (κ2) is 4.17. The topological polar surface area (TPSA) is 96.4 Å². The van der Waals surface area contributed by atoms with E-state index in [1.807, 2.05) is 18.2 Å². The van der Waals surface area contributed by atoms with Gasteiger partial charge in [0.05, 0.1) is 10.2 Å². The van der Waals surface area contributed by atoms with E-state index >= 15 is 0 Å². The van der Waals surface area contributed by atoms with Crippen molar-refractivity contribution in [3.05, 3.63) is 29.3 Å². The quantitative estimate of drug-likeness (QED) is 0.733. The van der Waals surface area contributed by atoms with Gasteiger partial charge in [0.25, 0.3) is 0 Å². The van der Waals surface area contributed by atoms with Crippen molar-refractivity contribution in [2.24, 2.45) is 5.73 Å². The summed E-state index contributed by atoms with van der Waals surface area (Å²) in [6.07, 6.45) is -1.27. The molecule has 2 aromatic rings. The lowest BCUT2D eigenvalue weighted by Gasteiger charge is -2.11. The van der Waals surface area contributed by atoms with Crippen LogP contribution >= 0.6 is 11.3 Å². The Morgan fingerprint density at radius 3 is 2.75 bits per heavy atom. The number of fused-ring (bicyclic) bond motifs is 1. The van der Waals surface area contributed by atoms with Crippen LogP contribution in [0.2, 0.25) is 0 Å². The second-order valence-electron chi connectivity index (χ2n) is 3.33. The van der Waals surface area contributed by atoms with E-state index in [4.69, 9.17) is 10.8 Å². The first-order valence-electron chi connectivity index (χ1n) is 4.61. The van der Waals surface area contributed by atoms with Crippen molar-refractivity contribution in [1.82, 2.24) is 4.98 Å². The van der Waals surface area contributed by atoms with Crippen LogP contribution in [0.25, 0.3) is 10.2 Å². The molecule has 84 valence electrons. The van der Waals surface area contributed by atoms with Gasteiger partial charge in [0.1, 0.15) is 17.2 Å². The molecular formula is C10H10N2O3S. The maximum atomic E-state index is 10.6. The first-order chi connectivity index (χ1) is 7.59. The molecule has 0 bridgehead atoms. The average molecular weight is 238 g/mol. The summed E-state index contributed by atoms with van der Waals surface area (Å²) >= 11 is 1.25. The predicted molar refractivity (Wildman–Crippen MR) is 60.2 cm³/mol. The third kappa shape index (κ3) is 1.90. The van der Waals surface area contributed by atoms with E-state index in [1.54, 1.807) is 6.07 Å². The second-order valence-corrected chi connectivity index (χ2v) is 4.39. The summed E-state index contributed by atoms with van der Waals surface area (Å²) in [5.41, 5.74) is 6.07. The Bertz CT molecular complexity index is 493. The van der Waals surface area contributed by atoms with E-state index in [9.17, 15) is 9.90 Å². The van der Waals surface area contributed by atoms with E-state index in [-0.39, 0.29) is 0 Å². The van der Waals surface area contributed by atoms with Gasteiger partial charge in [-0.1, -0.05) is 12.1 Å². The summed E-state index contributed by atoms with van der Waals surface area (Å²) in [4.78, 5) is 14.8. The fourth-order valence-corrected chi connectivity index (χ4v) is 2.31.